The molecule has 30 heavy (non-hydrogen) atoms. The predicted octanol–water partition coefficient (Wildman–Crippen LogP) is 6.28. The van der Waals surface area contributed by atoms with Crippen LogP contribution in [0.25, 0.3) is 0 Å². The first-order chi connectivity index (χ1) is 14.1. The molecule has 3 rings (SSSR count). The van der Waals surface area contributed by atoms with Crippen LogP contribution in [0.5, 0.6) is 0 Å². The fourth-order valence-corrected chi connectivity index (χ4v) is 2.98. The van der Waals surface area contributed by atoms with Crippen molar-refractivity contribution in [2.24, 2.45) is 0 Å². The van der Waals surface area contributed by atoms with E-state index in [0.29, 0.717) is 27.5 Å². The first kappa shape index (κ1) is 21.5. The van der Waals surface area contributed by atoms with Crippen molar-refractivity contribution >= 4 is 34.8 Å². The number of amides is 2. The maximum Gasteiger partial charge on any atom is 0.255 e. The van der Waals surface area contributed by atoms with Gasteiger partial charge in [-0.2, -0.15) is 0 Å². The molecule has 0 aromatic heterocycles. The molecule has 3 aromatic carbocycles. The van der Waals surface area contributed by atoms with Crippen molar-refractivity contribution in [1.29, 1.82) is 0 Å². The number of nitrogens with one attached hydrogen (secondary N) is 2. The Hall–Kier alpha value is -3.18. The van der Waals surface area contributed by atoms with Crippen LogP contribution in [0.2, 0.25) is 5.02 Å². The Labute approximate surface area is 180 Å². The molecule has 6 heteroatoms. The van der Waals surface area contributed by atoms with Crippen molar-refractivity contribution in [3.63, 3.8) is 0 Å². The van der Waals surface area contributed by atoms with Crippen molar-refractivity contribution in [1.82, 2.24) is 0 Å². The summed E-state index contributed by atoms with van der Waals surface area (Å²) in [6.07, 6.45) is 0. The van der Waals surface area contributed by atoms with Gasteiger partial charge in [0.25, 0.3) is 11.8 Å². The van der Waals surface area contributed by atoms with E-state index < -0.39 is 5.91 Å². The minimum Gasteiger partial charge on any atom is -0.322 e. The lowest BCUT2D eigenvalue weighted by Gasteiger charge is -2.19. The van der Waals surface area contributed by atoms with Gasteiger partial charge in [-0.15, -0.1) is 0 Å². The third-order valence-corrected chi connectivity index (χ3v) is 4.92. The monoisotopic (exact) mass is 424 g/mol. The lowest BCUT2D eigenvalue weighted by molar-refractivity contribution is 0.101. The summed E-state index contributed by atoms with van der Waals surface area (Å²) in [5.41, 5.74) is 2.69. The fourth-order valence-electron chi connectivity index (χ4n) is 2.81. The Bertz CT molecular complexity index is 1070. The Kier molecular flexibility index (Phi) is 6.22. The first-order valence-corrected chi connectivity index (χ1v) is 9.79. The number of hydrogen-bond donors (Lipinski definition) is 2. The largest absolute Gasteiger partial charge is 0.322 e. The molecule has 0 saturated heterocycles. The molecule has 0 bridgehead atoms. The average molecular weight is 425 g/mol. The summed E-state index contributed by atoms with van der Waals surface area (Å²) in [6, 6.07) is 17.4. The standard InChI is InChI=1S/C24H22ClFN2O2/c1-24(2,3)17-7-4-15(5-8-17)22(29)28-21-14-16(6-13-20(21)25)23(30)27-19-11-9-18(26)10-12-19/h4-14H,1-3H3,(H,27,30)(H,28,29). The molecule has 0 saturated carbocycles. The summed E-state index contributed by atoms with van der Waals surface area (Å²) >= 11 is 6.21. The summed E-state index contributed by atoms with van der Waals surface area (Å²) < 4.78 is 13.0. The number of anilines is 2. The zero-order chi connectivity index (χ0) is 21.9. The van der Waals surface area contributed by atoms with Crippen molar-refractivity contribution in [3.8, 4) is 0 Å². The van der Waals surface area contributed by atoms with Gasteiger partial charge in [0.2, 0.25) is 0 Å². The minimum absolute atomic E-state index is 0.00939. The van der Waals surface area contributed by atoms with Gasteiger partial charge in [0.1, 0.15) is 5.82 Å². The van der Waals surface area contributed by atoms with Crippen molar-refractivity contribution < 1.29 is 14.0 Å². The van der Waals surface area contributed by atoms with Crippen molar-refractivity contribution in [3.05, 3.63) is 94.3 Å². The third kappa shape index (κ3) is 5.24. The van der Waals surface area contributed by atoms with Gasteiger partial charge < -0.3 is 10.6 Å². The summed E-state index contributed by atoms with van der Waals surface area (Å²) in [5.74, 6) is -1.11. The second-order valence-corrected chi connectivity index (χ2v) is 8.34. The number of hydrogen-bond acceptors (Lipinski definition) is 2. The first-order valence-electron chi connectivity index (χ1n) is 9.42. The molecule has 0 unspecified atom stereocenters. The Morgan fingerprint density at radius 3 is 1.97 bits per heavy atom. The van der Waals surface area contributed by atoms with Crippen LogP contribution in [-0.2, 0) is 5.41 Å². The molecule has 0 aliphatic rings. The van der Waals surface area contributed by atoms with Crippen LogP contribution in [-0.4, -0.2) is 11.8 Å². The molecule has 4 nitrogen and oxygen atoms in total. The highest BCUT2D eigenvalue weighted by Crippen LogP contribution is 2.26. The number of carbonyl (C=O) groups is 2. The van der Waals surface area contributed by atoms with Gasteiger partial charge in [0.15, 0.2) is 0 Å². The molecular formula is C24H22ClFN2O2. The van der Waals surface area contributed by atoms with Gasteiger partial charge in [-0.25, -0.2) is 4.39 Å². The molecule has 0 fully saturated rings. The van der Waals surface area contributed by atoms with Crippen LogP contribution in [0, 0.1) is 5.82 Å². The number of benzene rings is 3. The summed E-state index contributed by atoms with van der Waals surface area (Å²) in [6.45, 7) is 6.30. The van der Waals surface area contributed by atoms with Gasteiger partial charge in [0, 0.05) is 16.8 Å². The van der Waals surface area contributed by atoms with E-state index >= 15 is 0 Å². The van der Waals surface area contributed by atoms with E-state index in [1.165, 1.54) is 30.3 Å². The lowest BCUT2D eigenvalue weighted by atomic mass is 9.87. The lowest BCUT2D eigenvalue weighted by Crippen LogP contribution is -2.16. The molecule has 154 valence electrons. The van der Waals surface area contributed by atoms with Crippen molar-refractivity contribution in [2.75, 3.05) is 10.6 Å². The summed E-state index contributed by atoms with van der Waals surface area (Å²) in [4.78, 5) is 25.1. The molecular weight excluding hydrogens is 403 g/mol. The highest BCUT2D eigenvalue weighted by atomic mass is 35.5. The van der Waals surface area contributed by atoms with Gasteiger partial charge in [0.05, 0.1) is 10.7 Å². The van der Waals surface area contributed by atoms with E-state index in [0.717, 1.165) is 5.56 Å². The molecule has 0 aliphatic heterocycles. The smallest absolute Gasteiger partial charge is 0.255 e. The topological polar surface area (TPSA) is 58.2 Å². The van der Waals surface area contributed by atoms with E-state index in [1.807, 2.05) is 12.1 Å². The van der Waals surface area contributed by atoms with Crippen molar-refractivity contribution in [2.45, 2.75) is 26.2 Å². The van der Waals surface area contributed by atoms with Crippen LogP contribution in [0.3, 0.4) is 0 Å². The molecule has 0 aliphatic carbocycles. The maximum absolute atomic E-state index is 13.0. The van der Waals surface area contributed by atoms with Gasteiger partial charge >= 0.3 is 0 Å². The molecule has 0 atom stereocenters. The van der Waals surface area contributed by atoms with E-state index in [-0.39, 0.29) is 17.1 Å². The number of carbonyl (C=O) groups excluding carboxylic acids is 2. The predicted molar refractivity (Wildman–Crippen MR) is 119 cm³/mol. The molecule has 0 spiro atoms. The summed E-state index contributed by atoms with van der Waals surface area (Å²) in [7, 11) is 0. The molecule has 2 N–H and O–H groups in total. The van der Waals surface area contributed by atoms with Gasteiger partial charge in [-0.3, -0.25) is 9.59 Å². The van der Waals surface area contributed by atoms with Crippen LogP contribution in [0.4, 0.5) is 15.8 Å². The second kappa shape index (κ2) is 8.67. The highest BCUT2D eigenvalue weighted by Gasteiger charge is 2.16. The Morgan fingerprint density at radius 1 is 0.800 bits per heavy atom. The minimum atomic E-state index is -0.400. The van der Waals surface area contributed by atoms with E-state index in [9.17, 15) is 14.0 Å². The number of rotatable bonds is 4. The fraction of sp³-hybridized carbons (Fsp3) is 0.167. The van der Waals surface area contributed by atoms with Crippen LogP contribution in [0.1, 0.15) is 47.1 Å². The second-order valence-electron chi connectivity index (χ2n) is 7.94. The van der Waals surface area contributed by atoms with E-state index in [4.69, 9.17) is 11.6 Å². The third-order valence-electron chi connectivity index (χ3n) is 4.59. The van der Waals surface area contributed by atoms with Crippen LogP contribution in [0.15, 0.2) is 66.7 Å². The summed E-state index contributed by atoms with van der Waals surface area (Å²) in [5, 5.41) is 5.74. The Morgan fingerprint density at radius 2 is 1.37 bits per heavy atom. The Balaban J connectivity index is 1.75. The van der Waals surface area contributed by atoms with Crippen LogP contribution >= 0.6 is 11.6 Å². The quantitative estimate of drug-likeness (QED) is 0.517. The SMILES string of the molecule is CC(C)(C)c1ccc(C(=O)Nc2cc(C(=O)Nc3ccc(F)cc3)ccc2Cl)cc1. The average Bonchev–Trinajstić information content (AvgIpc) is 2.70. The molecule has 0 heterocycles. The van der Waals surface area contributed by atoms with E-state index in [2.05, 4.69) is 31.4 Å². The highest BCUT2D eigenvalue weighted by molar-refractivity contribution is 6.34. The number of halogens is 2. The van der Waals surface area contributed by atoms with Crippen LogP contribution < -0.4 is 10.6 Å². The zero-order valence-electron chi connectivity index (χ0n) is 16.9. The molecule has 2 amide bonds. The van der Waals surface area contributed by atoms with E-state index in [1.54, 1.807) is 24.3 Å². The maximum atomic E-state index is 13.0. The zero-order valence-corrected chi connectivity index (χ0v) is 17.7. The molecule has 0 radical (unpaired) electrons. The normalized spacial score (nSPS) is 11.1. The van der Waals surface area contributed by atoms with Gasteiger partial charge in [-0.05, 0) is 65.6 Å². The van der Waals surface area contributed by atoms with Gasteiger partial charge in [-0.1, -0.05) is 44.5 Å². The molecule has 3 aromatic rings.